The first-order valence-electron chi connectivity index (χ1n) is 8.59. The molecule has 0 amide bonds. The van der Waals surface area contributed by atoms with Crippen molar-refractivity contribution in [2.75, 3.05) is 4.72 Å². The van der Waals surface area contributed by atoms with Gasteiger partial charge in [-0.2, -0.15) is 0 Å². The van der Waals surface area contributed by atoms with E-state index in [1.807, 2.05) is 66.2 Å². The molecule has 0 radical (unpaired) electrons. The van der Waals surface area contributed by atoms with E-state index in [0.29, 0.717) is 5.69 Å². The largest absolute Gasteiger partial charge is 0.306 e. The molecule has 2 aromatic carbocycles. The van der Waals surface area contributed by atoms with Crippen molar-refractivity contribution in [2.45, 2.75) is 12.7 Å². The molecule has 27 heavy (non-hydrogen) atoms. The standard InChI is InChI=1S/C21H19N3O2S/c1-16-10-11-24-14-20(22-21(24)12-16)18-8-5-9-19(13-18)23-27(25,26)15-17-6-3-2-4-7-17/h2-14,23H,15H2,1H3. The van der Waals surface area contributed by atoms with Crippen molar-refractivity contribution in [2.24, 2.45) is 0 Å². The van der Waals surface area contributed by atoms with Crippen molar-refractivity contribution in [1.29, 1.82) is 0 Å². The number of nitrogens with one attached hydrogen (secondary N) is 1. The Hall–Kier alpha value is -3.12. The zero-order valence-electron chi connectivity index (χ0n) is 14.8. The maximum atomic E-state index is 12.5. The monoisotopic (exact) mass is 377 g/mol. The molecule has 0 spiro atoms. The van der Waals surface area contributed by atoms with Crippen LogP contribution in [0.1, 0.15) is 11.1 Å². The summed E-state index contributed by atoms with van der Waals surface area (Å²) >= 11 is 0. The lowest BCUT2D eigenvalue weighted by molar-refractivity contribution is 0.600. The molecule has 2 heterocycles. The SMILES string of the molecule is Cc1ccn2cc(-c3cccc(NS(=O)(=O)Cc4ccccc4)c3)nc2c1. The number of pyridine rings is 1. The Morgan fingerprint density at radius 2 is 1.81 bits per heavy atom. The van der Waals surface area contributed by atoms with Crippen LogP contribution in [0.5, 0.6) is 0 Å². The highest BCUT2D eigenvalue weighted by Gasteiger charge is 2.13. The van der Waals surface area contributed by atoms with E-state index >= 15 is 0 Å². The summed E-state index contributed by atoms with van der Waals surface area (Å²) in [5.74, 6) is -0.0638. The van der Waals surface area contributed by atoms with Gasteiger partial charge in [-0.15, -0.1) is 0 Å². The molecule has 0 aliphatic carbocycles. The van der Waals surface area contributed by atoms with Crippen LogP contribution in [0.25, 0.3) is 16.9 Å². The molecule has 5 nitrogen and oxygen atoms in total. The number of anilines is 1. The van der Waals surface area contributed by atoms with Crippen LogP contribution in [-0.2, 0) is 15.8 Å². The Morgan fingerprint density at radius 3 is 2.63 bits per heavy atom. The summed E-state index contributed by atoms with van der Waals surface area (Å²) < 4.78 is 29.5. The summed E-state index contributed by atoms with van der Waals surface area (Å²) in [6, 6.07) is 20.4. The van der Waals surface area contributed by atoms with E-state index in [-0.39, 0.29) is 5.75 Å². The van der Waals surface area contributed by atoms with Crippen LogP contribution in [0.15, 0.2) is 79.1 Å². The molecule has 4 rings (SSSR count). The summed E-state index contributed by atoms with van der Waals surface area (Å²) in [7, 11) is -3.49. The maximum absolute atomic E-state index is 12.5. The minimum Gasteiger partial charge on any atom is -0.306 e. The number of sulfonamides is 1. The Kier molecular flexibility index (Phi) is 4.41. The Bertz CT molecular complexity index is 1200. The normalized spacial score (nSPS) is 11.6. The second-order valence-electron chi connectivity index (χ2n) is 6.52. The number of nitrogens with zero attached hydrogens (tertiary/aromatic N) is 2. The second kappa shape index (κ2) is 6.89. The van der Waals surface area contributed by atoms with Crippen LogP contribution in [0, 0.1) is 6.92 Å². The van der Waals surface area contributed by atoms with Crippen molar-refractivity contribution in [3.8, 4) is 11.3 Å². The van der Waals surface area contributed by atoms with Crippen molar-refractivity contribution in [1.82, 2.24) is 9.38 Å². The minimum absolute atomic E-state index is 0.0638. The second-order valence-corrected chi connectivity index (χ2v) is 8.25. The van der Waals surface area contributed by atoms with Gasteiger partial charge in [-0.25, -0.2) is 13.4 Å². The van der Waals surface area contributed by atoms with Crippen molar-refractivity contribution in [3.05, 3.63) is 90.3 Å². The molecule has 0 fully saturated rings. The fourth-order valence-electron chi connectivity index (χ4n) is 2.97. The first-order valence-corrected chi connectivity index (χ1v) is 10.2. The van der Waals surface area contributed by atoms with Gasteiger partial charge in [0.05, 0.1) is 11.4 Å². The molecule has 0 saturated heterocycles. The summed E-state index contributed by atoms with van der Waals surface area (Å²) in [6.07, 6.45) is 3.90. The highest BCUT2D eigenvalue weighted by Crippen LogP contribution is 2.24. The summed E-state index contributed by atoms with van der Waals surface area (Å²) in [4.78, 5) is 4.63. The Labute approximate surface area is 158 Å². The molecule has 0 aliphatic rings. The minimum atomic E-state index is -3.49. The fourth-order valence-corrected chi connectivity index (χ4v) is 4.16. The summed E-state index contributed by atoms with van der Waals surface area (Å²) in [6.45, 7) is 2.02. The molecule has 136 valence electrons. The van der Waals surface area contributed by atoms with Crippen molar-refractivity contribution >= 4 is 21.4 Å². The van der Waals surface area contributed by atoms with Gasteiger partial charge < -0.3 is 4.40 Å². The van der Waals surface area contributed by atoms with Crippen LogP contribution in [0.2, 0.25) is 0 Å². The third-order valence-electron chi connectivity index (χ3n) is 4.25. The van der Waals surface area contributed by atoms with Crippen molar-refractivity contribution in [3.63, 3.8) is 0 Å². The van der Waals surface area contributed by atoms with Gasteiger partial charge in [0.2, 0.25) is 10.0 Å². The van der Waals surface area contributed by atoms with Gasteiger partial charge >= 0.3 is 0 Å². The molecule has 0 atom stereocenters. The number of hydrogen-bond donors (Lipinski definition) is 1. The molecule has 1 N–H and O–H groups in total. The summed E-state index contributed by atoms with van der Waals surface area (Å²) in [5.41, 5.74) is 4.93. The Balaban J connectivity index is 1.60. The van der Waals surface area contributed by atoms with E-state index in [0.717, 1.165) is 28.0 Å². The number of aromatic nitrogens is 2. The number of fused-ring (bicyclic) bond motifs is 1. The van der Waals surface area contributed by atoms with E-state index in [1.165, 1.54) is 0 Å². The molecule has 6 heteroatoms. The first kappa shape index (κ1) is 17.3. The van der Waals surface area contributed by atoms with Gasteiger partial charge in [0.25, 0.3) is 0 Å². The highest BCUT2D eigenvalue weighted by atomic mass is 32.2. The predicted molar refractivity (Wildman–Crippen MR) is 108 cm³/mol. The first-order chi connectivity index (χ1) is 13.0. The van der Waals surface area contributed by atoms with Crippen molar-refractivity contribution < 1.29 is 8.42 Å². The highest BCUT2D eigenvalue weighted by molar-refractivity contribution is 7.91. The van der Waals surface area contributed by atoms with E-state index in [9.17, 15) is 8.42 Å². The molecular formula is C21H19N3O2S. The number of imidazole rings is 1. The lowest BCUT2D eigenvalue weighted by Gasteiger charge is -2.09. The number of hydrogen-bond acceptors (Lipinski definition) is 3. The van der Waals surface area contributed by atoms with Gasteiger partial charge in [0.15, 0.2) is 0 Å². The van der Waals surface area contributed by atoms with Crippen LogP contribution in [0.4, 0.5) is 5.69 Å². The van der Waals surface area contributed by atoms with E-state index in [4.69, 9.17) is 0 Å². The van der Waals surface area contributed by atoms with E-state index < -0.39 is 10.0 Å². The van der Waals surface area contributed by atoms with Crippen LogP contribution in [0.3, 0.4) is 0 Å². The molecule has 0 aliphatic heterocycles. The van der Waals surface area contributed by atoms with Gasteiger partial charge in [-0.05, 0) is 42.3 Å². The Morgan fingerprint density at radius 1 is 1.00 bits per heavy atom. The number of rotatable bonds is 5. The third-order valence-corrected chi connectivity index (χ3v) is 5.51. The van der Waals surface area contributed by atoms with Gasteiger partial charge in [0, 0.05) is 23.6 Å². The molecule has 2 aromatic heterocycles. The maximum Gasteiger partial charge on any atom is 0.236 e. The van der Waals surface area contributed by atoms with E-state index in [2.05, 4.69) is 9.71 Å². The lowest BCUT2D eigenvalue weighted by atomic mass is 10.1. The van der Waals surface area contributed by atoms with Gasteiger partial charge in [-0.1, -0.05) is 42.5 Å². The fraction of sp³-hybridized carbons (Fsp3) is 0.0952. The number of aryl methyl sites for hydroxylation is 1. The third kappa shape index (κ3) is 4.01. The topological polar surface area (TPSA) is 63.5 Å². The molecule has 4 aromatic rings. The van der Waals surface area contributed by atoms with Crippen LogP contribution >= 0.6 is 0 Å². The molecule has 0 saturated carbocycles. The van der Waals surface area contributed by atoms with Crippen LogP contribution in [-0.4, -0.2) is 17.8 Å². The molecule has 0 bridgehead atoms. The predicted octanol–water partition coefficient (Wildman–Crippen LogP) is 4.25. The molecular weight excluding hydrogens is 358 g/mol. The number of benzene rings is 2. The van der Waals surface area contributed by atoms with E-state index in [1.54, 1.807) is 24.3 Å². The zero-order chi connectivity index (χ0) is 18.9. The molecule has 0 unspecified atom stereocenters. The summed E-state index contributed by atoms with van der Waals surface area (Å²) in [5, 5.41) is 0. The van der Waals surface area contributed by atoms with Crippen LogP contribution < -0.4 is 4.72 Å². The van der Waals surface area contributed by atoms with Gasteiger partial charge in [0.1, 0.15) is 5.65 Å². The van der Waals surface area contributed by atoms with Gasteiger partial charge in [-0.3, -0.25) is 4.72 Å². The zero-order valence-corrected chi connectivity index (χ0v) is 15.6. The smallest absolute Gasteiger partial charge is 0.236 e. The average molecular weight is 377 g/mol. The average Bonchev–Trinajstić information content (AvgIpc) is 3.05. The lowest BCUT2D eigenvalue weighted by Crippen LogP contribution is -2.15. The quantitative estimate of drug-likeness (QED) is 0.565.